The van der Waals surface area contributed by atoms with Crippen LogP contribution in [0.25, 0.3) is 5.69 Å². The molecule has 1 aromatic carbocycles. The van der Waals surface area contributed by atoms with Gasteiger partial charge < -0.3 is 20.2 Å². The van der Waals surface area contributed by atoms with Crippen molar-refractivity contribution in [2.45, 2.75) is 39.8 Å². The third kappa shape index (κ3) is 6.09. The second-order valence-corrected chi connectivity index (χ2v) is 7.27. The zero-order valence-corrected chi connectivity index (χ0v) is 20.2. The first-order chi connectivity index (χ1) is 13.9. The number of benzene rings is 1. The monoisotopic (exact) mass is 523 g/mol. The van der Waals surface area contributed by atoms with Gasteiger partial charge in [0.15, 0.2) is 5.96 Å². The first-order valence-electron chi connectivity index (χ1n) is 9.80. The van der Waals surface area contributed by atoms with Crippen LogP contribution in [0.3, 0.4) is 0 Å². The minimum absolute atomic E-state index is 0. The fraction of sp³-hybridized carbons (Fsp3) is 0.364. The Balaban J connectivity index is 0.00000320. The number of aliphatic hydroxyl groups is 1. The Hall–Kier alpha value is -2.33. The van der Waals surface area contributed by atoms with Gasteiger partial charge >= 0.3 is 0 Å². The minimum atomic E-state index is -1.07. The Morgan fingerprint density at radius 1 is 1.23 bits per heavy atom. The topological polar surface area (TPSA) is 87.6 Å². The van der Waals surface area contributed by atoms with Crippen LogP contribution in [0.1, 0.15) is 36.5 Å². The Bertz CT molecular complexity index is 947. The number of hydrogen-bond acceptors (Lipinski definition) is 4. The van der Waals surface area contributed by atoms with Gasteiger partial charge in [-0.1, -0.05) is 12.1 Å². The number of halogens is 1. The minimum Gasteiger partial charge on any atom is -0.466 e. The molecule has 3 aromatic rings. The van der Waals surface area contributed by atoms with E-state index in [1.165, 1.54) is 0 Å². The van der Waals surface area contributed by atoms with E-state index in [9.17, 15) is 5.11 Å². The molecule has 3 N–H and O–H groups in total. The van der Waals surface area contributed by atoms with Crippen molar-refractivity contribution < 1.29 is 9.52 Å². The Labute approximate surface area is 194 Å². The summed E-state index contributed by atoms with van der Waals surface area (Å²) in [5, 5.41) is 21.6. The molecule has 162 valence electrons. The van der Waals surface area contributed by atoms with E-state index >= 15 is 0 Å². The molecule has 0 bridgehead atoms. The molecule has 2 aromatic heterocycles. The lowest BCUT2D eigenvalue weighted by molar-refractivity contribution is 0.0601. The average molecular weight is 523 g/mol. The van der Waals surface area contributed by atoms with Crippen molar-refractivity contribution in [1.29, 1.82) is 0 Å². The molecule has 7 nitrogen and oxygen atoms in total. The van der Waals surface area contributed by atoms with Gasteiger partial charge in [-0.15, -0.1) is 24.0 Å². The van der Waals surface area contributed by atoms with Crippen LogP contribution >= 0.6 is 24.0 Å². The molecule has 0 amide bonds. The molecule has 0 saturated carbocycles. The van der Waals surface area contributed by atoms with Crippen molar-refractivity contribution in [3.8, 4) is 5.69 Å². The molecule has 0 fully saturated rings. The van der Waals surface area contributed by atoms with E-state index in [-0.39, 0.29) is 24.0 Å². The standard InChI is InChI=1S/C22H29N5O2.HI/c1-5-23-21(25-15-22(4,28)20-13-16(2)29-17(20)3)24-14-18-7-9-19(10-8-18)27-12-6-11-26-27;/h6-13,28H,5,14-15H2,1-4H3,(H2,23,24,25);1H. The van der Waals surface area contributed by atoms with Crippen LogP contribution in [-0.4, -0.2) is 33.9 Å². The molecule has 0 spiro atoms. The third-order valence-corrected chi connectivity index (χ3v) is 4.69. The number of aromatic nitrogens is 2. The van der Waals surface area contributed by atoms with E-state index in [2.05, 4.69) is 20.7 Å². The van der Waals surface area contributed by atoms with Gasteiger partial charge in [0.05, 0.1) is 18.8 Å². The second-order valence-electron chi connectivity index (χ2n) is 7.27. The Morgan fingerprint density at radius 3 is 2.53 bits per heavy atom. The fourth-order valence-electron chi connectivity index (χ4n) is 3.20. The van der Waals surface area contributed by atoms with Crippen LogP contribution in [0, 0.1) is 13.8 Å². The summed E-state index contributed by atoms with van der Waals surface area (Å²) in [6, 6.07) is 11.9. The largest absolute Gasteiger partial charge is 0.466 e. The normalized spacial score (nSPS) is 13.4. The molecule has 2 heterocycles. The maximum absolute atomic E-state index is 10.9. The van der Waals surface area contributed by atoms with E-state index in [4.69, 9.17) is 4.42 Å². The zero-order chi connectivity index (χ0) is 20.9. The van der Waals surface area contributed by atoms with Gasteiger partial charge in [-0.25, -0.2) is 9.67 Å². The number of aryl methyl sites for hydroxylation is 2. The molecular formula is C22H30IN5O2. The highest BCUT2D eigenvalue weighted by Gasteiger charge is 2.27. The lowest BCUT2D eigenvalue weighted by Crippen LogP contribution is -2.44. The van der Waals surface area contributed by atoms with Gasteiger partial charge in [-0.2, -0.15) is 5.10 Å². The van der Waals surface area contributed by atoms with Crippen LogP contribution in [0.2, 0.25) is 0 Å². The van der Waals surface area contributed by atoms with E-state index < -0.39 is 5.60 Å². The third-order valence-electron chi connectivity index (χ3n) is 4.69. The van der Waals surface area contributed by atoms with Crippen molar-refractivity contribution in [1.82, 2.24) is 20.4 Å². The number of nitrogens with one attached hydrogen (secondary N) is 2. The Kier molecular flexibility index (Phi) is 8.48. The molecule has 0 radical (unpaired) electrons. The first-order valence-corrected chi connectivity index (χ1v) is 9.80. The summed E-state index contributed by atoms with van der Waals surface area (Å²) < 4.78 is 7.38. The smallest absolute Gasteiger partial charge is 0.191 e. The zero-order valence-electron chi connectivity index (χ0n) is 17.8. The van der Waals surface area contributed by atoms with E-state index in [1.807, 2.05) is 68.0 Å². The van der Waals surface area contributed by atoms with E-state index in [0.717, 1.165) is 34.9 Å². The Morgan fingerprint density at radius 2 is 1.97 bits per heavy atom. The molecule has 30 heavy (non-hydrogen) atoms. The average Bonchev–Trinajstić information content (AvgIpc) is 3.34. The molecular weight excluding hydrogens is 493 g/mol. The summed E-state index contributed by atoms with van der Waals surface area (Å²) >= 11 is 0. The lowest BCUT2D eigenvalue weighted by Gasteiger charge is -2.24. The van der Waals surface area contributed by atoms with Crippen molar-refractivity contribution in [2.24, 2.45) is 4.99 Å². The maximum atomic E-state index is 10.9. The summed E-state index contributed by atoms with van der Waals surface area (Å²) in [5.74, 6) is 2.17. The van der Waals surface area contributed by atoms with Crippen molar-refractivity contribution in [3.63, 3.8) is 0 Å². The number of hydrogen-bond donors (Lipinski definition) is 3. The first kappa shape index (κ1) is 23.9. The summed E-state index contributed by atoms with van der Waals surface area (Å²) in [6.45, 7) is 9.10. The van der Waals surface area contributed by atoms with Gasteiger partial charge in [0.2, 0.25) is 0 Å². The highest BCUT2D eigenvalue weighted by Crippen LogP contribution is 2.26. The summed E-state index contributed by atoms with van der Waals surface area (Å²) in [5.41, 5.74) is 1.82. The SMILES string of the molecule is CCNC(=NCc1ccc(-n2cccn2)cc1)NCC(C)(O)c1cc(C)oc1C.I. The summed E-state index contributed by atoms with van der Waals surface area (Å²) in [7, 11) is 0. The van der Waals surface area contributed by atoms with Crippen LogP contribution in [0.5, 0.6) is 0 Å². The van der Waals surface area contributed by atoms with Crippen LogP contribution < -0.4 is 10.6 Å². The van der Waals surface area contributed by atoms with Gasteiger partial charge in [0.25, 0.3) is 0 Å². The quantitative estimate of drug-likeness (QED) is 0.250. The predicted molar refractivity (Wildman–Crippen MR) is 130 cm³/mol. The van der Waals surface area contributed by atoms with Gasteiger partial charge in [-0.05, 0) is 57.5 Å². The van der Waals surface area contributed by atoms with Crippen LogP contribution in [0.4, 0.5) is 0 Å². The van der Waals surface area contributed by atoms with Gasteiger partial charge in [0.1, 0.15) is 17.1 Å². The molecule has 1 atom stereocenters. The fourth-order valence-corrected chi connectivity index (χ4v) is 3.20. The second kappa shape index (κ2) is 10.6. The van der Waals surface area contributed by atoms with E-state index in [1.54, 1.807) is 13.1 Å². The molecule has 1 unspecified atom stereocenters. The lowest BCUT2D eigenvalue weighted by atomic mass is 9.96. The highest BCUT2D eigenvalue weighted by atomic mass is 127. The number of nitrogens with zero attached hydrogens (tertiary/aromatic N) is 3. The van der Waals surface area contributed by atoms with Crippen molar-refractivity contribution >= 4 is 29.9 Å². The number of rotatable bonds is 7. The predicted octanol–water partition coefficient (Wildman–Crippen LogP) is 3.66. The highest BCUT2D eigenvalue weighted by molar-refractivity contribution is 14.0. The van der Waals surface area contributed by atoms with Crippen molar-refractivity contribution in [2.75, 3.05) is 13.1 Å². The molecule has 0 saturated heterocycles. The number of furan rings is 1. The summed E-state index contributed by atoms with van der Waals surface area (Å²) in [6.07, 6.45) is 3.67. The number of aliphatic imine (C=N–C) groups is 1. The maximum Gasteiger partial charge on any atom is 0.191 e. The molecule has 8 heteroatoms. The molecule has 3 rings (SSSR count). The van der Waals surface area contributed by atoms with Crippen molar-refractivity contribution in [3.05, 3.63) is 71.4 Å². The van der Waals surface area contributed by atoms with E-state index in [0.29, 0.717) is 19.0 Å². The molecule has 0 aliphatic carbocycles. The van der Waals surface area contributed by atoms with Gasteiger partial charge in [-0.3, -0.25) is 0 Å². The molecule has 0 aliphatic rings. The van der Waals surface area contributed by atoms with Gasteiger partial charge in [0, 0.05) is 24.5 Å². The van der Waals surface area contributed by atoms with Crippen LogP contribution in [-0.2, 0) is 12.1 Å². The summed E-state index contributed by atoms with van der Waals surface area (Å²) in [4.78, 5) is 4.64. The van der Waals surface area contributed by atoms with Crippen LogP contribution in [0.15, 0.2) is 58.2 Å². The number of guanidine groups is 1. The molecule has 0 aliphatic heterocycles.